The molecule has 0 unspecified atom stereocenters. The highest BCUT2D eigenvalue weighted by molar-refractivity contribution is 6.89. The third kappa shape index (κ3) is 37.8. The van der Waals surface area contributed by atoms with E-state index in [0.717, 1.165) is 0 Å². The minimum Gasteiger partial charge on any atom is -0.437 e. The lowest BCUT2D eigenvalue weighted by Gasteiger charge is -2.39. The summed E-state index contributed by atoms with van der Waals surface area (Å²) in [4.78, 5) is 4.33. The minimum absolute atomic E-state index is 1.13. The monoisotopic (exact) mass is 506 g/mol. The minimum atomic E-state index is -2.05. The Labute approximate surface area is 185 Å². The Morgan fingerprint density at radius 3 is 0.821 bits per heavy atom. The van der Waals surface area contributed by atoms with Gasteiger partial charge in [0.2, 0.25) is 0 Å². The highest BCUT2D eigenvalue weighted by atomic mass is 28.5. The van der Waals surface area contributed by atoms with Crippen molar-refractivity contribution in [3.8, 4) is 0 Å². The fourth-order valence-corrected chi connectivity index (χ4v) is 19.7. The van der Waals surface area contributed by atoms with Crippen molar-refractivity contribution in [1.82, 2.24) is 0 Å². The largest absolute Gasteiger partial charge is 0.437 e. The molecule has 0 aliphatic carbocycles. The van der Waals surface area contributed by atoms with E-state index in [2.05, 4.69) is 89.9 Å². The maximum atomic E-state index is 6.42. The summed E-state index contributed by atoms with van der Waals surface area (Å²) in [6.07, 6.45) is 0. The first-order valence-electron chi connectivity index (χ1n) is 10.4. The first-order chi connectivity index (χ1) is 12.2. The van der Waals surface area contributed by atoms with Gasteiger partial charge in [-0.15, -0.1) is 0 Å². The van der Waals surface area contributed by atoms with Crippen molar-refractivity contribution in [3.63, 3.8) is 0 Å². The van der Waals surface area contributed by atoms with E-state index in [9.17, 15) is 0 Å². The molecule has 1 N–H and O–H groups in total. The Hall–Kier alpha value is 1.10. The Morgan fingerprint density at radius 2 is 0.714 bits per heavy atom. The molecule has 0 aliphatic rings. The number of rotatable bonds is 8. The standard InChI is InChI=1S/C10H30O3Si4.C4H12OSi.C3H10OSi/c1-14(2,3)11-16(7,8)13-17(9,10)12-15(4,5)6;1-5-6(2,3)4;1-5(2,3)4/h1-10H3;1-4H3;4H,1-3H3/i;;4T. The summed E-state index contributed by atoms with van der Waals surface area (Å²) >= 11 is 0. The summed E-state index contributed by atoms with van der Waals surface area (Å²) in [5.74, 6) is 0. The van der Waals surface area contributed by atoms with E-state index in [1.165, 1.54) is 0 Å². The van der Waals surface area contributed by atoms with Crippen LogP contribution in [-0.2, 0) is 16.8 Å². The van der Waals surface area contributed by atoms with E-state index in [0.29, 0.717) is 0 Å². The summed E-state index contributed by atoms with van der Waals surface area (Å²) in [5.41, 5.74) is 0. The van der Waals surface area contributed by atoms with Crippen molar-refractivity contribution in [2.45, 2.75) is 105 Å². The van der Waals surface area contributed by atoms with Crippen LogP contribution in [0.1, 0.15) is 0 Å². The van der Waals surface area contributed by atoms with E-state index in [4.69, 9.17) is 18.2 Å². The first kappa shape index (κ1) is 31.3. The predicted octanol–water partition coefficient (Wildman–Crippen LogP) is 6.39. The van der Waals surface area contributed by atoms with Gasteiger partial charge in [0.15, 0.2) is 34.7 Å². The second kappa shape index (κ2) is 12.2. The lowest BCUT2D eigenvalue weighted by atomic mass is 11.8. The van der Waals surface area contributed by atoms with Crippen LogP contribution in [0.5, 0.6) is 0 Å². The molecule has 0 aromatic heterocycles. The van der Waals surface area contributed by atoms with Gasteiger partial charge in [0.25, 0.3) is 0 Å². The zero-order valence-corrected chi connectivity index (χ0v) is 28.0. The zero-order valence-electron chi connectivity index (χ0n) is 23.0. The quantitative estimate of drug-likeness (QED) is 0.386. The summed E-state index contributed by atoms with van der Waals surface area (Å²) < 4.78 is 30.2. The van der Waals surface area contributed by atoms with Gasteiger partial charge >= 0.3 is 17.1 Å². The molecule has 0 fully saturated rings. The molecule has 11 heteroatoms. The van der Waals surface area contributed by atoms with Gasteiger partial charge in [-0.3, -0.25) is 0 Å². The summed E-state index contributed by atoms with van der Waals surface area (Å²) in [7, 11) is -8.00. The van der Waals surface area contributed by atoms with Gasteiger partial charge in [-0.2, -0.15) is 0 Å². The average Bonchev–Trinajstić information content (AvgIpc) is 2.30. The van der Waals surface area contributed by atoms with Gasteiger partial charge in [-0.25, -0.2) is 0 Å². The van der Waals surface area contributed by atoms with Crippen LogP contribution in [-0.4, -0.2) is 63.7 Å². The fraction of sp³-hybridized carbons (Fsp3) is 1.00. The van der Waals surface area contributed by atoms with Gasteiger partial charge in [-0.05, 0) is 105 Å². The Bertz CT molecular complexity index is 398. The van der Waals surface area contributed by atoms with Crippen LogP contribution in [0.4, 0.5) is 0 Å². The van der Waals surface area contributed by atoms with Crippen molar-refractivity contribution in [1.29, 1.82) is 1.43 Å². The van der Waals surface area contributed by atoms with E-state index in [-0.39, 0.29) is 0 Å². The SMILES string of the molecule is CO[Si](C)(C)C.C[Si](C)(C)O[Si](C)(C)O[Si](C)(C)O[Si](C)(C)C.[3H]O[Si](C)(C)C. The highest BCUT2D eigenvalue weighted by Crippen LogP contribution is 2.23. The molecule has 28 heavy (non-hydrogen) atoms. The molecule has 0 aromatic rings. The summed E-state index contributed by atoms with van der Waals surface area (Å²) in [5, 5.41) is 0. The topological polar surface area (TPSA) is 57.2 Å². The predicted molar refractivity (Wildman–Crippen MR) is 141 cm³/mol. The molecule has 0 aliphatic heterocycles. The van der Waals surface area contributed by atoms with Crippen LogP contribution in [0.15, 0.2) is 0 Å². The molecule has 0 saturated heterocycles. The van der Waals surface area contributed by atoms with Gasteiger partial charge in [-0.1, -0.05) is 0 Å². The third-order valence-corrected chi connectivity index (χ3v) is 16.2. The van der Waals surface area contributed by atoms with Crippen molar-refractivity contribution >= 4 is 50.4 Å². The van der Waals surface area contributed by atoms with Crippen molar-refractivity contribution in [2.75, 3.05) is 7.11 Å². The Kier molecular flexibility index (Phi) is 13.7. The molecule has 0 amide bonds. The molecule has 0 atom stereocenters. The Morgan fingerprint density at radius 1 is 0.500 bits per heavy atom. The normalized spacial score (nSPS) is 14.4. The van der Waals surface area contributed by atoms with Crippen LogP contribution in [0.2, 0.25) is 105 Å². The number of hydrogen-bond acceptors (Lipinski definition) is 5. The van der Waals surface area contributed by atoms with Crippen molar-refractivity contribution in [3.05, 3.63) is 0 Å². The van der Waals surface area contributed by atoms with Crippen LogP contribution < -0.4 is 0 Å². The fourth-order valence-electron chi connectivity index (χ4n) is 2.11. The molecule has 174 valence electrons. The maximum absolute atomic E-state index is 6.42. The molecule has 0 rings (SSSR count). The lowest BCUT2D eigenvalue weighted by Crippen LogP contribution is -2.55. The molecule has 0 radical (unpaired) electrons. The lowest BCUT2D eigenvalue weighted by molar-refractivity contribution is 0.331. The third-order valence-electron chi connectivity index (χ3n) is 2.21. The zero-order chi connectivity index (χ0) is 24.5. The molecule has 0 aromatic carbocycles. The van der Waals surface area contributed by atoms with Crippen LogP contribution >= 0.6 is 0 Å². The molecular formula is C17H52O5Si6. The molecule has 0 heterocycles. The maximum Gasteiger partial charge on any atom is 0.312 e. The van der Waals surface area contributed by atoms with E-state index < -0.39 is 50.4 Å². The van der Waals surface area contributed by atoms with Gasteiger partial charge in [0, 0.05) is 7.11 Å². The van der Waals surface area contributed by atoms with E-state index in [1.807, 2.05) is 19.6 Å². The van der Waals surface area contributed by atoms with Crippen molar-refractivity contribution in [2.24, 2.45) is 0 Å². The molecule has 0 spiro atoms. The van der Waals surface area contributed by atoms with Gasteiger partial charge < -0.3 is 21.6 Å². The molecule has 0 saturated carbocycles. The summed E-state index contributed by atoms with van der Waals surface area (Å²) in [6, 6.07) is 0. The van der Waals surface area contributed by atoms with Crippen LogP contribution in [0.3, 0.4) is 0 Å². The van der Waals surface area contributed by atoms with E-state index >= 15 is 0 Å². The Balaban J connectivity index is -0.000000460. The van der Waals surface area contributed by atoms with Crippen LogP contribution in [0.25, 0.3) is 0 Å². The molecule has 0 bridgehead atoms. The van der Waals surface area contributed by atoms with E-state index in [1.54, 1.807) is 7.11 Å². The average molecular weight is 507 g/mol. The second-order valence-electron chi connectivity index (χ2n) is 11.8. The van der Waals surface area contributed by atoms with Crippen LogP contribution in [0, 0.1) is 0 Å². The first-order valence-corrected chi connectivity index (χ1v) is 29.3. The number of hydrogen-bond donors (Lipinski definition) is 1. The molecule has 5 nitrogen and oxygen atoms in total. The van der Waals surface area contributed by atoms with Gasteiger partial charge in [0.05, 0.1) is 0 Å². The van der Waals surface area contributed by atoms with Crippen molar-refractivity contribution < 1.29 is 21.6 Å². The smallest absolute Gasteiger partial charge is 0.312 e. The second-order valence-corrected chi connectivity index (χ2v) is 37.1. The summed E-state index contributed by atoms with van der Waals surface area (Å²) in [6.45, 7) is 34.2. The molecular weight excluding hydrogens is 453 g/mol. The highest BCUT2D eigenvalue weighted by Gasteiger charge is 2.41. The van der Waals surface area contributed by atoms with Gasteiger partial charge in [0.1, 0.15) is 0 Å².